The Morgan fingerprint density at radius 2 is 1.90 bits per heavy atom. The van der Waals surface area contributed by atoms with Crippen LogP contribution >= 0.6 is 11.9 Å². The van der Waals surface area contributed by atoms with Crippen LogP contribution in [0, 0.1) is 5.82 Å². The molecule has 0 spiro atoms. The number of hydrogen-bond acceptors (Lipinski definition) is 3. The summed E-state index contributed by atoms with van der Waals surface area (Å²) < 4.78 is 24.0. The maximum Gasteiger partial charge on any atom is 0.239 e. The molecule has 1 aliphatic carbocycles. The molecular formula is C26H34FNO2S. The summed E-state index contributed by atoms with van der Waals surface area (Å²) >= 11 is 1.42. The molecule has 1 aliphatic rings. The standard InChI is InChI=1S/C26H34FNO2S/c1-6-20-21(12-9-13-23(20)27)22-16-18(26(4,5)25(29)28-31-17(2)3)14-15-24(22)30-19-10-7-8-11-19/h9,12-17,19H,6-8,10-11H2,1-5H3,(H,28,29). The maximum atomic E-state index is 14.6. The van der Waals surface area contributed by atoms with Gasteiger partial charge in [0.2, 0.25) is 5.91 Å². The van der Waals surface area contributed by atoms with Crippen LogP contribution in [0.15, 0.2) is 36.4 Å². The number of hydrogen-bond donors (Lipinski definition) is 1. The molecule has 0 heterocycles. The zero-order chi connectivity index (χ0) is 22.6. The fraction of sp³-hybridized carbons (Fsp3) is 0.500. The van der Waals surface area contributed by atoms with E-state index in [1.807, 2.05) is 58.9 Å². The molecule has 0 saturated heterocycles. The minimum atomic E-state index is -0.734. The van der Waals surface area contributed by atoms with Gasteiger partial charge in [-0.3, -0.25) is 9.52 Å². The van der Waals surface area contributed by atoms with E-state index in [0.29, 0.717) is 17.2 Å². The number of carbonyl (C=O) groups is 1. The van der Waals surface area contributed by atoms with Gasteiger partial charge in [0.05, 0.1) is 11.5 Å². The van der Waals surface area contributed by atoms with E-state index in [2.05, 4.69) is 4.72 Å². The van der Waals surface area contributed by atoms with Crippen molar-refractivity contribution in [2.75, 3.05) is 0 Å². The largest absolute Gasteiger partial charge is 0.490 e. The van der Waals surface area contributed by atoms with E-state index in [1.54, 1.807) is 6.07 Å². The summed E-state index contributed by atoms with van der Waals surface area (Å²) in [6.45, 7) is 9.89. The predicted octanol–water partition coefficient (Wildman–Crippen LogP) is 6.83. The van der Waals surface area contributed by atoms with E-state index in [9.17, 15) is 9.18 Å². The zero-order valence-electron chi connectivity index (χ0n) is 19.3. The predicted molar refractivity (Wildman–Crippen MR) is 128 cm³/mol. The Hall–Kier alpha value is -2.01. The van der Waals surface area contributed by atoms with Gasteiger partial charge in [0.15, 0.2) is 0 Å². The van der Waals surface area contributed by atoms with Gasteiger partial charge in [-0.2, -0.15) is 0 Å². The Balaban J connectivity index is 2.05. The number of rotatable bonds is 8. The number of nitrogens with one attached hydrogen (secondary N) is 1. The van der Waals surface area contributed by atoms with Gasteiger partial charge in [-0.25, -0.2) is 4.39 Å². The van der Waals surface area contributed by atoms with Crippen molar-refractivity contribution >= 4 is 17.9 Å². The molecule has 1 amide bonds. The van der Waals surface area contributed by atoms with E-state index < -0.39 is 5.41 Å². The monoisotopic (exact) mass is 443 g/mol. The molecule has 2 aromatic rings. The van der Waals surface area contributed by atoms with Gasteiger partial charge in [0.1, 0.15) is 11.6 Å². The van der Waals surface area contributed by atoms with Crippen molar-refractivity contribution in [2.45, 2.75) is 83.5 Å². The van der Waals surface area contributed by atoms with Gasteiger partial charge in [-0.1, -0.05) is 39.0 Å². The second kappa shape index (κ2) is 10.1. The van der Waals surface area contributed by atoms with Crippen molar-refractivity contribution in [3.63, 3.8) is 0 Å². The van der Waals surface area contributed by atoms with Crippen LogP contribution in [0.2, 0.25) is 0 Å². The van der Waals surface area contributed by atoms with E-state index in [4.69, 9.17) is 4.74 Å². The molecule has 1 saturated carbocycles. The maximum absolute atomic E-state index is 14.6. The van der Waals surface area contributed by atoms with Crippen LogP contribution < -0.4 is 9.46 Å². The van der Waals surface area contributed by atoms with E-state index in [1.165, 1.54) is 30.9 Å². The lowest BCUT2D eigenvalue weighted by Crippen LogP contribution is -2.37. The van der Waals surface area contributed by atoms with Crippen molar-refractivity contribution in [3.05, 3.63) is 53.3 Å². The van der Waals surface area contributed by atoms with Crippen molar-refractivity contribution < 1.29 is 13.9 Å². The highest BCUT2D eigenvalue weighted by Gasteiger charge is 2.31. The van der Waals surface area contributed by atoms with Crippen LogP contribution in [0.1, 0.15) is 71.4 Å². The summed E-state index contributed by atoms with van der Waals surface area (Å²) in [5.41, 5.74) is 2.52. The first-order valence-corrected chi connectivity index (χ1v) is 12.2. The van der Waals surface area contributed by atoms with E-state index >= 15 is 0 Å². The molecule has 0 aliphatic heterocycles. The summed E-state index contributed by atoms with van der Waals surface area (Å²) in [6.07, 6.45) is 5.24. The molecule has 0 radical (unpaired) electrons. The minimum Gasteiger partial charge on any atom is -0.490 e. The molecule has 5 heteroatoms. The van der Waals surface area contributed by atoms with Crippen LogP contribution in [0.3, 0.4) is 0 Å². The summed E-state index contributed by atoms with van der Waals surface area (Å²) in [5.74, 6) is 0.517. The van der Waals surface area contributed by atoms with Gasteiger partial charge in [0.25, 0.3) is 0 Å². The number of carbonyl (C=O) groups excluding carboxylic acids is 1. The lowest BCUT2D eigenvalue weighted by Gasteiger charge is -2.26. The van der Waals surface area contributed by atoms with Crippen LogP contribution in [0.4, 0.5) is 4.39 Å². The minimum absolute atomic E-state index is 0.0448. The molecule has 0 aromatic heterocycles. The molecular weight excluding hydrogens is 409 g/mol. The lowest BCUT2D eigenvalue weighted by molar-refractivity contribution is -0.123. The van der Waals surface area contributed by atoms with Crippen molar-refractivity contribution in [2.24, 2.45) is 0 Å². The normalized spacial score (nSPS) is 14.8. The van der Waals surface area contributed by atoms with Gasteiger partial charge in [-0.15, -0.1) is 0 Å². The number of halogens is 1. The Morgan fingerprint density at radius 3 is 2.55 bits per heavy atom. The second-order valence-electron chi connectivity index (χ2n) is 9.08. The van der Waals surface area contributed by atoms with E-state index in [-0.39, 0.29) is 17.8 Å². The Bertz CT molecular complexity index is 920. The van der Waals surface area contributed by atoms with E-state index in [0.717, 1.165) is 35.3 Å². The van der Waals surface area contributed by atoms with Crippen molar-refractivity contribution in [1.82, 2.24) is 4.72 Å². The van der Waals surface area contributed by atoms with Gasteiger partial charge in [-0.05, 0) is 92.8 Å². The molecule has 0 bridgehead atoms. The number of benzene rings is 2. The molecule has 1 N–H and O–H groups in total. The fourth-order valence-corrected chi connectivity index (χ4v) is 4.62. The van der Waals surface area contributed by atoms with Crippen LogP contribution in [0.25, 0.3) is 11.1 Å². The average Bonchev–Trinajstić information content (AvgIpc) is 3.25. The van der Waals surface area contributed by atoms with Gasteiger partial charge in [0, 0.05) is 10.8 Å². The average molecular weight is 444 g/mol. The van der Waals surface area contributed by atoms with Crippen LogP contribution in [-0.4, -0.2) is 17.3 Å². The Kier molecular flexibility index (Phi) is 7.68. The third-order valence-corrected chi connectivity index (χ3v) is 6.79. The van der Waals surface area contributed by atoms with Crippen molar-refractivity contribution in [3.8, 4) is 16.9 Å². The zero-order valence-corrected chi connectivity index (χ0v) is 20.1. The molecule has 3 nitrogen and oxygen atoms in total. The van der Waals surface area contributed by atoms with Crippen molar-refractivity contribution in [1.29, 1.82) is 0 Å². The Labute approximate surface area is 190 Å². The van der Waals surface area contributed by atoms with Crippen LogP contribution in [-0.2, 0) is 16.6 Å². The third kappa shape index (κ3) is 5.43. The quantitative estimate of drug-likeness (QED) is 0.455. The summed E-state index contributed by atoms with van der Waals surface area (Å²) in [4.78, 5) is 12.9. The molecule has 1 fully saturated rings. The Morgan fingerprint density at radius 1 is 1.19 bits per heavy atom. The summed E-state index contributed by atoms with van der Waals surface area (Å²) in [7, 11) is 0. The molecule has 0 atom stereocenters. The first-order chi connectivity index (χ1) is 14.7. The molecule has 2 aromatic carbocycles. The molecule has 3 rings (SSSR count). The highest BCUT2D eigenvalue weighted by molar-refractivity contribution is 7.98. The first-order valence-electron chi connectivity index (χ1n) is 11.3. The topological polar surface area (TPSA) is 38.3 Å². The van der Waals surface area contributed by atoms with Gasteiger partial charge >= 0.3 is 0 Å². The molecule has 31 heavy (non-hydrogen) atoms. The van der Waals surface area contributed by atoms with Crippen LogP contribution in [0.5, 0.6) is 5.75 Å². The lowest BCUT2D eigenvalue weighted by atomic mass is 9.82. The number of ether oxygens (including phenoxy) is 1. The molecule has 0 unspecified atom stereocenters. The third-order valence-electron chi connectivity index (χ3n) is 6.01. The number of amides is 1. The first kappa shape index (κ1) is 23.6. The second-order valence-corrected chi connectivity index (χ2v) is 10.5. The van der Waals surface area contributed by atoms with Gasteiger partial charge < -0.3 is 4.74 Å². The SMILES string of the molecule is CCc1c(F)cccc1-c1cc(C(C)(C)C(=O)NSC(C)C)ccc1OC1CCCC1. The molecule has 168 valence electrons. The highest BCUT2D eigenvalue weighted by atomic mass is 32.2. The summed E-state index contributed by atoms with van der Waals surface area (Å²) in [6, 6.07) is 11.1. The summed E-state index contributed by atoms with van der Waals surface area (Å²) in [5, 5.41) is 0.303. The highest BCUT2D eigenvalue weighted by Crippen LogP contribution is 2.39. The smallest absolute Gasteiger partial charge is 0.239 e. The fourth-order valence-electron chi connectivity index (χ4n) is 4.02.